The number of urea groups is 1. The minimum Gasteiger partial charge on any atom is -0.378 e. The zero-order chi connectivity index (χ0) is 14.2. The molecule has 0 bridgehead atoms. The van der Waals surface area contributed by atoms with Gasteiger partial charge in [-0.3, -0.25) is 4.79 Å². The van der Waals surface area contributed by atoms with Crippen LogP contribution in [0.1, 0.15) is 19.3 Å². The number of hydrogen-bond donors (Lipinski definition) is 0. The molecular weight excluding hydrogens is 258 g/mol. The number of carbonyl (C=O) groups is 2. The summed E-state index contributed by atoms with van der Waals surface area (Å²) < 4.78 is 5.28. The maximum Gasteiger partial charge on any atom is 0.320 e. The standard InChI is InChI=1S/C14H23N3O3/c1-15-5-2-3-14(12(15)18)4-6-17(11-14)13(19)16-7-9-20-10-8-16/h2-11H2,1H3/t14-/m1/s1. The fraction of sp³-hybridized carbons (Fsp3) is 0.857. The Balaban J connectivity index is 1.66. The van der Waals surface area contributed by atoms with Crippen molar-refractivity contribution in [1.82, 2.24) is 14.7 Å². The molecule has 1 atom stereocenters. The van der Waals surface area contributed by atoms with Gasteiger partial charge in [0.05, 0.1) is 18.6 Å². The van der Waals surface area contributed by atoms with E-state index in [-0.39, 0.29) is 17.4 Å². The van der Waals surface area contributed by atoms with Crippen molar-refractivity contribution in [3.63, 3.8) is 0 Å². The van der Waals surface area contributed by atoms with Gasteiger partial charge in [0, 0.05) is 39.8 Å². The van der Waals surface area contributed by atoms with Gasteiger partial charge in [-0.15, -0.1) is 0 Å². The van der Waals surface area contributed by atoms with Crippen molar-refractivity contribution in [2.75, 3.05) is 53.0 Å². The molecule has 3 amide bonds. The van der Waals surface area contributed by atoms with Gasteiger partial charge < -0.3 is 19.4 Å². The number of nitrogens with zero attached hydrogens (tertiary/aromatic N) is 3. The molecule has 3 aliphatic rings. The smallest absolute Gasteiger partial charge is 0.320 e. The van der Waals surface area contributed by atoms with Gasteiger partial charge in [0.2, 0.25) is 5.91 Å². The third-order valence-corrected chi connectivity index (χ3v) is 4.86. The molecule has 3 fully saturated rings. The van der Waals surface area contributed by atoms with E-state index >= 15 is 0 Å². The molecule has 3 saturated heterocycles. The average molecular weight is 281 g/mol. The first-order valence-corrected chi connectivity index (χ1v) is 7.50. The maximum atomic E-state index is 12.5. The van der Waals surface area contributed by atoms with Gasteiger partial charge in [-0.25, -0.2) is 4.79 Å². The summed E-state index contributed by atoms with van der Waals surface area (Å²) >= 11 is 0. The second-order valence-electron chi connectivity index (χ2n) is 6.16. The first kappa shape index (κ1) is 13.7. The van der Waals surface area contributed by atoms with Crippen LogP contribution in [0.5, 0.6) is 0 Å². The van der Waals surface area contributed by atoms with Crippen LogP contribution in [-0.2, 0) is 9.53 Å². The SMILES string of the molecule is CN1CCC[C@]2(CCN(C(=O)N3CCOCC3)C2)C1=O. The topological polar surface area (TPSA) is 53.1 Å². The van der Waals surface area contributed by atoms with Gasteiger partial charge in [-0.1, -0.05) is 0 Å². The molecular formula is C14H23N3O3. The Kier molecular flexibility index (Phi) is 3.58. The third-order valence-electron chi connectivity index (χ3n) is 4.86. The lowest BCUT2D eigenvalue weighted by Crippen LogP contribution is -2.51. The van der Waals surface area contributed by atoms with Gasteiger partial charge in [0.15, 0.2) is 0 Å². The van der Waals surface area contributed by atoms with E-state index in [2.05, 4.69) is 0 Å². The average Bonchev–Trinajstić information content (AvgIpc) is 2.90. The molecule has 6 nitrogen and oxygen atoms in total. The van der Waals surface area contributed by atoms with Crippen molar-refractivity contribution in [2.24, 2.45) is 5.41 Å². The van der Waals surface area contributed by atoms with Crippen LogP contribution in [0.2, 0.25) is 0 Å². The van der Waals surface area contributed by atoms with Crippen LogP contribution in [0.4, 0.5) is 4.79 Å². The Morgan fingerprint density at radius 3 is 2.60 bits per heavy atom. The van der Waals surface area contributed by atoms with Crippen molar-refractivity contribution < 1.29 is 14.3 Å². The highest BCUT2D eigenvalue weighted by Crippen LogP contribution is 2.39. The minimum absolute atomic E-state index is 0.0752. The summed E-state index contributed by atoms with van der Waals surface area (Å²) in [5.41, 5.74) is -0.311. The molecule has 0 radical (unpaired) electrons. The Bertz CT molecular complexity index is 408. The highest BCUT2D eigenvalue weighted by atomic mass is 16.5. The number of piperidine rings is 1. The molecule has 0 aromatic rings. The summed E-state index contributed by atoms with van der Waals surface area (Å²) in [6.07, 6.45) is 2.77. The van der Waals surface area contributed by atoms with Crippen molar-refractivity contribution in [3.05, 3.63) is 0 Å². The molecule has 0 aromatic carbocycles. The molecule has 6 heteroatoms. The third kappa shape index (κ3) is 2.26. The van der Waals surface area contributed by atoms with Crippen molar-refractivity contribution >= 4 is 11.9 Å². The molecule has 0 aliphatic carbocycles. The number of amides is 3. The number of ether oxygens (including phenoxy) is 1. The van der Waals surface area contributed by atoms with Crippen LogP contribution >= 0.6 is 0 Å². The van der Waals surface area contributed by atoms with Gasteiger partial charge in [0.1, 0.15) is 0 Å². The number of morpholine rings is 1. The van der Waals surface area contributed by atoms with E-state index in [1.54, 1.807) is 0 Å². The molecule has 3 aliphatic heterocycles. The lowest BCUT2D eigenvalue weighted by Gasteiger charge is -2.38. The minimum atomic E-state index is -0.311. The number of hydrogen-bond acceptors (Lipinski definition) is 3. The lowest BCUT2D eigenvalue weighted by molar-refractivity contribution is -0.143. The van der Waals surface area contributed by atoms with E-state index < -0.39 is 0 Å². The van der Waals surface area contributed by atoms with Crippen molar-refractivity contribution in [1.29, 1.82) is 0 Å². The largest absolute Gasteiger partial charge is 0.378 e. The monoisotopic (exact) mass is 281 g/mol. The van der Waals surface area contributed by atoms with Crippen LogP contribution < -0.4 is 0 Å². The summed E-state index contributed by atoms with van der Waals surface area (Å²) in [7, 11) is 1.87. The number of likely N-dealkylation sites (tertiary alicyclic amines) is 2. The maximum absolute atomic E-state index is 12.5. The highest BCUT2D eigenvalue weighted by molar-refractivity contribution is 5.85. The van der Waals surface area contributed by atoms with E-state index in [0.29, 0.717) is 39.4 Å². The predicted octanol–water partition coefficient (Wildman–Crippen LogP) is 0.383. The van der Waals surface area contributed by atoms with Crippen LogP contribution in [0, 0.1) is 5.41 Å². The van der Waals surface area contributed by atoms with E-state index in [0.717, 1.165) is 25.8 Å². The first-order valence-electron chi connectivity index (χ1n) is 7.50. The zero-order valence-electron chi connectivity index (χ0n) is 12.1. The molecule has 112 valence electrons. The van der Waals surface area contributed by atoms with Gasteiger partial charge in [-0.2, -0.15) is 0 Å². The summed E-state index contributed by atoms with van der Waals surface area (Å²) in [5, 5.41) is 0. The molecule has 0 N–H and O–H groups in total. The lowest BCUT2D eigenvalue weighted by atomic mass is 9.78. The molecule has 1 spiro atoms. The van der Waals surface area contributed by atoms with Gasteiger partial charge in [-0.05, 0) is 19.3 Å². The highest BCUT2D eigenvalue weighted by Gasteiger charge is 2.49. The van der Waals surface area contributed by atoms with Gasteiger partial charge in [0.25, 0.3) is 0 Å². The fourth-order valence-electron chi connectivity index (χ4n) is 3.64. The Morgan fingerprint density at radius 1 is 1.10 bits per heavy atom. The molecule has 0 aromatic heterocycles. The Morgan fingerprint density at radius 2 is 1.85 bits per heavy atom. The summed E-state index contributed by atoms with van der Waals surface area (Å²) in [6.45, 7) is 4.70. The van der Waals surface area contributed by atoms with E-state index in [1.165, 1.54) is 0 Å². The van der Waals surface area contributed by atoms with Crippen LogP contribution in [0.25, 0.3) is 0 Å². The van der Waals surface area contributed by atoms with Crippen LogP contribution in [-0.4, -0.2) is 79.6 Å². The normalized spacial score (nSPS) is 31.2. The van der Waals surface area contributed by atoms with Crippen molar-refractivity contribution in [3.8, 4) is 0 Å². The van der Waals surface area contributed by atoms with E-state index in [9.17, 15) is 9.59 Å². The Hall–Kier alpha value is -1.30. The quantitative estimate of drug-likeness (QED) is 0.645. The fourth-order valence-corrected chi connectivity index (χ4v) is 3.64. The second kappa shape index (κ2) is 5.24. The molecule has 3 rings (SSSR count). The van der Waals surface area contributed by atoms with E-state index in [1.807, 2.05) is 21.7 Å². The van der Waals surface area contributed by atoms with E-state index in [4.69, 9.17) is 4.74 Å². The van der Waals surface area contributed by atoms with Gasteiger partial charge >= 0.3 is 6.03 Å². The zero-order valence-corrected chi connectivity index (χ0v) is 12.1. The summed E-state index contributed by atoms with van der Waals surface area (Å²) in [5.74, 6) is 0.223. The molecule has 0 saturated carbocycles. The van der Waals surface area contributed by atoms with Crippen LogP contribution in [0.15, 0.2) is 0 Å². The molecule has 20 heavy (non-hydrogen) atoms. The van der Waals surface area contributed by atoms with Crippen LogP contribution in [0.3, 0.4) is 0 Å². The Labute approximate surface area is 119 Å². The number of rotatable bonds is 0. The number of carbonyl (C=O) groups excluding carboxylic acids is 2. The summed E-state index contributed by atoms with van der Waals surface area (Å²) in [6, 6.07) is 0.0752. The first-order chi connectivity index (χ1) is 9.62. The molecule has 3 heterocycles. The van der Waals surface area contributed by atoms with Crippen molar-refractivity contribution in [2.45, 2.75) is 19.3 Å². The molecule has 0 unspecified atom stereocenters. The predicted molar refractivity (Wildman–Crippen MR) is 73.3 cm³/mol. The summed E-state index contributed by atoms with van der Waals surface area (Å²) in [4.78, 5) is 30.5. The second-order valence-corrected chi connectivity index (χ2v) is 6.16.